The van der Waals surface area contributed by atoms with Crippen LogP contribution in [0.2, 0.25) is 0 Å². The number of aromatic nitrogens is 3. The van der Waals surface area contributed by atoms with Gasteiger partial charge in [0.15, 0.2) is 5.82 Å². The van der Waals surface area contributed by atoms with Crippen LogP contribution < -0.4 is 5.32 Å². The molecule has 0 aliphatic heterocycles. The fourth-order valence-corrected chi connectivity index (χ4v) is 2.48. The average molecular weight is 345 g/mol. The molecular weight excluding hydrogens is 326 g/mol. The third kappa shape index (κ3) is 3.78. The molecular formula is C20H19N5O. The highest BCUT2D eigenvalue weighted by molar-refractivity contribution is 6.03. The number of hydrogen-bond acceptors (Lipinski definition) is 4. The van der Waals surface area contributed by atoms with E-state index in [2.05, 4.69) is 53.4 Å². The normalized spacial score (nSPS) is 11.0. The summed E-state index contributed by atoms with van der Waals surface area (Å²) in [4.78, 5) is 16.6. The molecule has 0 aliphatic carbocycles. The van der Waals surface area contributed by atoms with Crippen molar-refractivity contribution in [3.63, 3.8) is 0 Å². The van der Waals surface area contributed by atoms with Crippen molar-refractivity contribution in [3.05, 3.63) is 65.2 Å². The van der Waals surface area contributed by atoms with Gasteiger partial charge in [-0.3, -0.25) is 15.2 Å². The van der Waals surface area contributed by atoms with E-state index in [0.717, 1.165) is 5.56 Å². The van der Waals surface area contributed by atoms with Crippen LogP contribution in [0.1, 0.15) is 42.3 Å². The number of nitrogens with one attached hydrogen (secondary N) is 2. The van der Waals surface area contributed by atoms with Gasteiger partial charge in [-0.05, 0) is 29.2 Å². The summed E-state index contributed by atoms with van der Waals surface area (Å²) in [6.45, 7) is 6.47. The van der Waals surface area contributed by atoms with Crippen molar-refractivity contribution >= 4 is 11.9 Å². The second-order valence-electron chi connectivity index (χ2n) is 6.98. The Labute approximate surface area is 151 Å². The number of nitriles is 1. The van der Waals surface area contributed by atoms with Gasteiger partial charge in [-0.1, -0.05) is 51.1 Å². The van der Waals surface area contributed by atoms with E-state index in [1.54, 1.807) is 18.2 Å². The van der Waals surface area contributed by atoms with E-state index in [4.69, 9.17) is 5.26 Å². The summed E-state index contributed by atoms with van der Waals surface area (Å²) >= 11 is 0. The largest absolute Gasteiger partial charge is 0.289 e. The molecule has 26 heavy (non-hydrogen) atoms. The number of nitrogens with zero attached hydrogens (tertiary/aromatic N) is 3. The number of H-pyrrole nitrogens is 1. The number of carbonyl (C=O) groups is 1. The molecule has 0 atom stereocenters. The summed E-state index contributed by atoms with van der Waals surface area (Å²) in [5.74, 6) is 0.398. The molecule has 0 radical (unpaired) electrons. The molecule has 0 fully saturated rings. The standard InChI is InChI=1S/C20H19N5O/c1-20(2,3)16-9-7-14(8-10-16)17-22-19(25-24-17)23-18(26)15-6-4-5-13(11-15)12-21/h4-11H,1-3H3,(H2,22,23,24,25,26). The summed E-state index contributed by atoms with van der Waals surface area (Å²) in [5, 5.41) is 18.4. The quantitative estimate of drug-likeness (QED) is 0.753. The number of hydrogen-bond donors (Lipinski definition) is 2. The molecule has 0 aliphatic rings. The summed E-state index contributed by atoms with van der Waals surface area (Å²) < 4.78 is 0. The molecule has 1 heterocycles. The van der Waals surface area contributed by atoms with Crippen molar-refractivity contribution in [1.82, 2.24) is 15.2 Å². The molecule has 130 valence electrons. The Kier molecular flexibility index (Phi) is 4.55. The molecule has 0 saturated carbocycles. The lowest BCUT2D eigenvalue weighted by molar-refractivity contribution is 0.102. The molecule has 0 bridgehead atoms. The zero-order valence-corrected chi connectivity index (χ0v) is 14.9. The average Bonchev–Trinajstić information content (AvgIpc) is 3.09. The molecule has 6 nitrogen and oxygen atoms in total. The first-order valence-electron chi connectivity index (χ1n) is 8.21. The topological polar surface area (TPSA) is 94.5 Å². The predicted octanol–water partition coefficient (Wildman–Crippen LogP) is 3.89. The Morgan fingerprint density at radius 1 is 1.15 bits per heavy atom. The molecule has 3 aromatic rings. The molecule has 1 amide bonds. The minimum absolute atomic E-state index is 0.0804. The summed E-state index contributed by atoms with van der Waals surface area (Å²) in [6, 6.07) is 16.5. The van der Waals surface area contributed by atoms with Crippen LogP contribution in [0.15, 0.2) is 48.5 Å². The number of anilines is 1. The zero-order chi connectivity index (χ0) is 18.7. The van der Waals surface area contributed by atoms with Crippen LogP contribution in [0.25, 0.3) is 11.4 Å². The first-order valence-corrected chi connectivity index (χ1v) is 8.21. The zero-order valence-electron chi connectivity index (χ0n) is 14.9. The van der Waals surface area contributed by atoms with Crippen molar-refractivity contribution in [3.8, 4) is 17.5 Å². The van der Waals surface area contributed by atoms with Crippen molar-refractivity contribution in [1.29, 1.82) is 5.26 Å². The van der Waals surface area contributed by atoms with Gasteiger partial charge in [-0.2, -0.15) is 10.2 Å². The number of carbonyl (C=O) groups excluding carboxylic acids is 1. The van der Waals surface area contributed by atoms with Crippen LogP contribution in [-0.4, -0.2) is 21.1 Å². The van der Waals surface area contributed by atoms with Gasteiger partial charge < -0.3 is 0 Å². The van der Waals surface area contributed by atoms with Gasteiger partial charge in [0.25, 0.3) is 5.91 Å². The molecule has 3 rings (SSSR count). The molecule has 0 saturated heterocycles. The Balaban J connectivity index is 1.75. The van der Waals surface area contributed by atoms with Gasteiger partial charge in [-0.15, -0.1) is 5.10 Å². The number of aromatic amines is 1. The van der Waals surface area contributed by atoms with E-state index in [1.807, 2.05) is 18.2 Å². The smallest absolute Gasteiger partial charge is 0.258 e. The maximum absolute atomic E-state index is 12.3. The second kappa shape index (κ2) is 6.81. The Hall–Kier alpha value is -3.46. The fraction of sp³-hybridized carbons (Fsp3) is 0.200. The van der Waals surface area contributed by atoms with E-state index in [-0.39, 0.29) is 17.3 Å². The van der Waals surface area contributed by atoms with Crippen LogP contribution in [0.5, 0.6) is 0 Å². The van der Waals surface area contributed by atoms with Crippen LogP contribution >= 0.6 is 0 Å². The lowest BCUT2D eigenvalue weighted by Gasteiger charge is -2.18. The maximum atomic E-state index is 12.3. The van der Waals surface area contributed by atoms with E-state index < -0.39 is 0 Å². The van der Waals surface area contributed by atoms with Crippen LogP contribution in [0.3, 0.4) is 0 Å². The maximum Gasteiger partial charge on any atom is 0.258 e. The highest BCUT2D eigenvalue weighted by Crippen LogP contribution is 2.25. The van der Waals surface area contributed by atoms with Gasteiger partial charge in [0, 0.05) is 11.1 Å². The minimum atomic E-state index is -0.365. The first kappa shape index (κ1) is 17.4. The molecule has 0 spiro atoms. The molecule has 0 unspecified atom stereocenters. The van der Waals surface area contributed by atoms with Crippen molar-refractivity contribution in [2.45, 2.75) is 26.2 Å². The molecule has 2 aromatic carbocycles. The van der Waals surface area contributed by atoms with Crippen LogP contribution in [0, 0.1) is 11.3 Å². The third-order valence-electron chi connectivity index (χ3n) is 3.99. The monoisotopic (exact) mass is 345 g/mol. The Bertz CT molecular complexity index is 974. The van der Waals surface area contributed by atoms with Crippen molar-refractivity contribution in [2.75, 3.05) is 5.32 Å². The number of rotatable bonds is 3. The van der Waals surface area contributed by atoms with Gasteiger partial charge in [0.05, 0.1) is 11.6 Å². The van der Waals surface area contributed by atoms with Crippen LogP contribution in [0.4, 0.5) is 5.95 Å². The van der Waals surface area contributed by atoms with Crippen LogP contribution in [-0.2, 0) is 5.41 Å². The Morgan fingerprint density at radius 2 is 1.88 bits per heavy atom. The third-order valence-corrected chi connectivity index (χ3v) is 3.99. The predicted molar refractivity (Wildman–Crippen MR) is 99.6 cm³/mol. The van der Waals surface area contributed by atoms with Crippen molar-refractivity contribution < 1.29 is 4.79 Å². The summed E-state index contributed by atoms with van der Waals surface area (Å²) in [7, 11) is 0. The highest BCUT2D eigenvalue weighted by atomic mass is 16.1. The minimum Gasteiger partial charge on any atom is -0.289 e. The van der Waals surface area contributed by atoms with Gasteiger partial charge >= 0.3 is 0 Å². The summed E-state index contributed by atoms with van der Waals surface area (Å²) in [5.41, 5.74) is 3.00. The van der Waals surface area contributed by atoms with E-state index in [9.17, 15) is 4.79 Å². The fourth-order valence-electron chi connectivity index (χ4n) is 2.48. The second-order valence-corrected chi connectivity index (χ2v) is 6.98. The molecule has 6 heteroatoms. The Morgan fingerprint density at radius 3 is 2.54 bits per heavy atom. The summed E-state index contributed by atoms with van der Waals surface area (Å²) in [6.07, 6.45) is 0. The lowest BCUT2D eigenvalue weighted by Crippen LogP contribution is -2.13. The highest BCUT2D eigenvalue weighted by Gasteiger charge is 2.15. The van der Waals surface area contributed by atoms with E-state index in [0.29, 0.717) is 17.0 Å². The van der Waals surface area contributed by atoms with E-state index >= 15 is 0 Å². The SMILES string of the molecule is CC(C)(C)c1ccc(-c2nc(NC(=O)c3cccc(C#N)c3)n[nH]2)cc1. The van der Waals surface area contributed by atoms with Gasteiger partial charge in [-0.25, -0.2) is 0 Å². The van der Waals surface area contributed by atoms with Crippen molar-refractivity contribution in [2.24, 2.45) is 0 Å². The number of amides is 1. The molecule has 1 aromatic heterocycles. The van der Waals surface area contributed by atoms with Gasteiger partial charge in [0.1, 0.15) is 0 Å². The number of benzene rings is 2. The first-order chi connectivity index (χ1) is 12.4. The van der Waals surface area contributed by atoms with E-state index in [1.165, 1.54) is 11.6 Å². The molecule has 2 N–H and O–H groups in total. The lowest BCUT2D eigenvalue weighted by atomic mass is 9.87. The van der Waals surface area contributed by atoms with Gasteiger partial charge in [0.2, 0.25) is 5.95 Å².